The molecule has 176 valence electrons. The lowest BCUT2D eigenvalue weighted by Crippen LogP contribution is -2.39. The van der Waals surface area contributed by atoms with Crippen LogP contribution in [0.25, 0.3) is 0 Å². The number of carbonyl (C=O) groups excluding carboxylic acids is 4. The zero-order valence-electron chi connectivity index (χ0n) is 19.5. The molecule has 0 saturated carbocycles. The van der Waals surface area contributed by atoms with E-state index in [1.807, 2.05) is 13.0 Å². The first-order valence-corrected chi connectivity index (χ1v) is 11.7. The molecule has 1 aromatic rings. The Balaban J connectivity index is 1.70. The first-order chi connectivity index (χ1) is 16.3. The van der Waals surface area contributed by atoms with Gasteiger partial charge in [0.05, 0.1) is 18.9 Å². The average Bonchev–Trinajstić information content (AvgIpc) is 3.07. The summed E-state index contributed by atoms with van der Waals surface area (Å²) in [6.07, 6.45) is 4.60. The molecule has 1 aliphatic heterocycles. The van der Waals surface area contributed by atoms with Gasteiger partial charge in [-0.05, 0) is 56.4 Å². The second-order valence-electron chi connectivity index (χ2n) is 9.48. The standard InChI is InChI=1S/C27H27NO6/c1-4-9-28-26(32)16-7-6-15-17(23(16)27(28)33)12-19-24(21(30)10-13(2)25(19)31)22(15)18-11-14(34-3)5-8-20(18)29/h5-6,8,10-11,16-17,22-23,29H,4,7,9,12H2,1-3H3. The third-order valence-corrected chi connectivity index (χ3v) is 7.65. The minimum atomic E-state index is -0.686. The summed E-state index contributed by atoms with van der Waals surface area (Å²) in [6.45, 7) is 3.91. The van der Waals surface area contributed by atoms with Crippen LogP contribution in [0.15, 0.2) is 52.6 Å². The minimum Gasteiger partial charge on any atom is -0.508 e. The largest absolute Gasteiger partial charge is 0.508 e. The number of rotatable bonds is 4. The van der Waals surface area contributed by atoms with E-state index >= 15 is 0 Å². The number of methoxy groups -OCH3 is 1. The van der Waals surface area contributed by atoms with Gasteiger partial charge in [0.15, 0.2) is 11.6 Å². The summed E-state index contributed by atoms with van der Waals surface area (Å²) in [5.74, 6) is -2.46. The second kappa shape index (κ2) is 8.08. The van der Waals surface area contributed by atoms with Gasteiger partial charge in [0, 0.05) is 34.7 Å². The molecule has 4 aliphatic rings. The number of nitrogens with zero attached hydrogens (tertiary/aromatic N) is 1. The van der Waals surface area contributed by atoms with Crippen LogP contribution in [-0.4, -0.2) is 47.0 Å². The predicted octanol–water partition coefficient (Wildman–Crippen LogP) is 3.24. The number of Topliss-reactive ketones (excluding diaryl/α,β-unsaturated/α-hetero) is 1. The molecule has 0 bridgehead atoms. The first kappa shape index (κ1) is 22.3. The fourth-order valence-corrected chi connectivity index (χ4v) is 6.14. The van der Waals surface area contributed by atoms with Gasteiger partial charge in [-0.25, -0.2) is 0 Å². The van der Waals surface area contributed by atoms with Crippen LogP contribution in [0.4, 0.5) is 0 Å². The van der Waals surface area contributed by atoms with E-state index < -0.39 is 23.7 Å². The summed E-state index contributed by atoms with van der Waals surface area (Å²) in [7, 11) is 1.52. The third kappa shape index (κ3) is 3.10. The smallest absolute Gasteiger partial charge is 0.233 e. The van der Waals surface area contributed by atoms with Crippen molar-refractivity contribution in [3.63, 3.8) is 0 Å². The summed E-state index contributed by atoms with van der Waals surface area (Å²) < 4.78 is 5.36. The molecule has 3 aliphatic carbocycles. The topological polar surface area (TPSA) is 101 Å². The maximum Gasteiger partial charge on any atom is 0.233 e. The van der Waals surface area contributed by atoms with Gasteiger partial charge < -0.3 is 9.84 Å². The van der Waals surface area contributed by atoms with E-state index in [-0.39, 0.29) is 35.6 Å². The lowest BCUT2D eigenvalue weighted by Gasteiger charge is -2.42. The molecule has 4 atom stereocenters. The number of amides is 2. The molecule has 1 fully saturated rings. The van der Waals surface area contributed by atoms with Crippen LogP contribution in [0, 0.1) is 17.8 Å². The molecule has 0 spiro atoms. The Kier molecular flexibility index (Phi) is 5.30. The zero-order chi connectivity index (χ0) is 24.3. The Hall–Kier alpha value is -3.48. The van der Waals surface area contributed by atoms with Crippen molar-refractivity contribution in [3.8, 4) is 11.5 Å². The van der Waals surface area contributed by atoms with E-state index in [1.165, 1.54) is 24.2 Å². The highest BCUT2D eigenvalue weighted by Gasteiger charge is 2.56. The average molecular weight is 462 g/mol. The molecule has 7 nitrogen and oxygen atoms in total. The Morgan fingerprint density at radius 2 is 1.88 bits per heavy atom. The highest BCUT2D eigenvalue weighted by molar-refractivity contribution is 6.23. The number of phenolic OH excluding ortho intramolecular Hbond substituents is 1. The summed E-state index contributed by atoms with van der Waals surface area (Å²) in [5, 5.41) is 10.8. The van der Waals surface area contributed by atoms with Gasteiger partial charge in [0.25, 0.3) is 0 Å². The van der Waals surface area contributed by atoms with Crippen molar-refractivity contribution in [2.24, 2.45) is 17.8 Å². The quantitative estimate of drug-likeness (QED) is 0.420. The van der Waals surface area contributed by atoms with Crippen molar-refractivity contribution in [1.82, 2.24) is 4.90 Å². The van der Waals surface area contributed by atoms with E-state index in [4.69, 9.17) is 4.74 Å². The minimum absolute atomic E-state index is 0.0192. The van der Waals surface area contributed by atoms with Crippen LogP contribution >= 0.6 is 0 Å². The maximum atomic E-state index is 13.4. The van der Waals surface area contributed by atoms with Gasteiger partial charge in [-0.1, -0.05) is 18.6 Å². The zero-order valence-corrected chi connectivity index (χ0v) is 19.5. The molecular formula is C27H27NO6. The fourth-order valence-electron chi connectivity index (χ4n) is 6.14. The summed E-state index contributed by atoms with van der Waals surface area (Å²) in [5.41, 5.74) is 2.37. The summed E-state index contributed by atoms with van der Waals surface area (Å²) in [4.78, 5) is 54.2. The Labute approximate surface area is 197 Å². The molecule has 1 saturated heterocycles. The van der Waals surface area contributed by atoms with Gasteiger partial charge in [0.2, 0.25) is 11.8 Å². The Morgan fingerprint density at radius 3 is 2.59 bits per heavy atom. The van der Waals surface area contributed by atoms with Crippen molar-refractivity contribution >= 4 is 23.4 Å². The fraction of sp³-hybridized carbons (Fsp3) is 0.407. The molecular weight excluding hydrogens is 434 g/mol. The van der Waals surface area contributed by atoms with Crippen LogP contribution in [0.5, 0.6) is 11.5 Å². The molecule has 0 aromatic heterocycles. The van der Waals surface area contributed by atoms with Gasteiger partial charge in [-0.3, -0.25) is 24.1 Å². The number of imide groups is 1. The molecule has 2 amide bonds. The van der Waals surface area contributed by atoms with Crippen molar-refractivity contribution in [1.29, 1.82) is 0 Å². The molecule has 1 N–H and O–H groups in total. The van der Waals surface area contributed by atoms with Crippen molar-refractivity contribution in [3.05, 3.63) is 58.2 Å². The van der Waals surface area contributed by atoms with Crippen molar-refractivity contribution < 1.29 is 29.0 Å². The van der Waals surface area contributed by atoms with Crippen LogP contribution in [-0.2, 0) is 19.2 Å². The molecule has 34 heavy (non-hydrogen) atoms. The van der Waals surface area contributed by atoms with Crippen molar-refractivity contribution in [2.45, 2.75) is 39.0 Å². The number of fused-ring (bicyclic) bond motifs is 3. The number of aromatic hydroxyl groups is 1. The number of phenols is 1. The number of likely N-dealkylation sites (tertiary alicyclic amines) is 1. The number of benzene rings is 1. The van der Waals surface area contributed by atoms with Gasteiger partial charge in [0.1, 0.15) is 11.5 Å². The van der Waals surface area contributed by atoms with Crippen LogP contribution < -0.4 is 4.74 Å². The number of carbonyl (C=O) groups is 4. The Morgan fingerprint density at radius 1 is 1.12 bits per heavy atom. The van der Waals surface area contributed by atoms with Gasteiger partial charge in [-0.2, -0.15) is 0 Å². The highest BCUT2D eigenvalue weighted by Crippen LogP contribution is 2.56. The summed E-state index contributed by atoms with van der Waals surface area (Å²) >= 11 is 0. The van der Waals surface area contributed by atoms with Crippen LogP contribution in [0.3, 0.4) is 0 Å². The van der Waals surface area contributed by atoms with Crippen LogP contribution in [0.1, 0.15) is 44.6 Å². The van der Waals surface area contributed by atoms with E-state index in [2.05, 4.69) is 0 Å². The van der Waals surface area contributed by atoms with E-state index in [0.717, 1.165) is 5.57 Å². The van der Waals surface area contributed by atoms with E-state index in [0.29, 0.717) is 47.4 Å². The summed E-state index contributed by atoms with van der Waals surface area (Å²) in [6, 6.07) is 4.81. The van der Waals surface area contributed by atoms with E-state index in [9.17, 15) is 24.3 Å². The van der Waals surface area contributed by atoms with E-state index in [1.54, 1.807) is 19.1 Å². The number of hydrogen-bond acceptors (Lipinski definition) is 6. The lowest BCUT2D eigenvalue weighted by atomic mass is 9.59. The SMILES string of the molecule is CCCN1C(=O)C2CC=C3C(c4cc(OC)ccc4O)C4=C(CC3C2C1=O)C(=O)C(C)=CC4=O. The monoisotopic (exact) mass is 461 g/mol. The molecule has 5 rings (SSSR count). The molecule has 1 heterocycles. The van der Waals surface area contributed by atoms with Gasteiger partial charge in [-0.15, -0.1) is 0 Å². The number of ether oxygens (including phenoxy) is 1. The lowest BCUT2D eigenvalue weighted by molar-refractivity contribution is -0.140. The first-order valence-electron chi connectivity index (χ1n) is 11.7. The number of allylic oxidation sites excluding steroid dienone is 6. The molecule has 4 unspecified atom stereocenters. The number of ketones is 2. The Bertz CT molecular complexity index is 1240. The highest BCUT2D eigenvalue weighted by atomic mass is 16.5. The third-order valence-electron chi connectivity index (χ3n) is 7.65. The maximum absolute atomic E-state index is 13.4. The van der Waals surface area contributed by atoms with Crippen LogP contribution in [0.2, 0.25) is 0 Å². The normalized spacial score (nSPS) is 28.4. The molecule has 0 radical (unpaired) electrons. The molecule has 1 aromatic carbocycles. The second-order valence-corrected chi connectivity index (χ2v) is 9.48. The number of hydrogen-bond donors (Lipinski definition) is 1. The molecule has 7 heteroatoms. The van der Waals surface area contributed by atoms with Crippen molar-refractivity contribution in [2.75, 3.05) is 13.7 Å². The van der Waals surface area contributed by atoms with Gasteiger partial charge >= 0.3 is 0 Å². The predicted molar refractivity (Wildman–Crippen MR) is 123 cm³/mol.